The van der Waals surface area contributed by atoms with Gasteiger partial charge in [-0.25, -0.2) is 4.79 Å². The van der Waals surface area contributed by atoms with Gasteiger partial charge in [-0.3, -0.25) is 9.59 Å². The van der Waals surface area contributed by atoms with Gasteiger partial charge in [0.2, 0.25) is 5.91 Å². The lowest BCUT2D eigenvalue weighted by Crippen LogP contribution is -2.49. The van der Waals surface area contributed by atoms with Crippen molar-refractivity contribution in [2.75, 3.05) is 19.7 Å². The Kier molecular flexibility index (Phi) is 5.48. The number of nitrogens with zero attached hydrogens (tertiary/aromatic N) is 1. The highest BCUT2D eigenvalue weighted by Gasteiger charge is 2.54. The number of carbonyl (C=O) groups excluding carboxylic acids is 2. The molecule has 2 bridgehead atoms. The van der Waals surface area contributed by atoms with E-state index < -0.39 is 24.5 Å². The van der Waals surface area contributed by atoms with Crippen LogP contribution in [0.25, 0.3) is 11.1 Å². The van der Waals surface area contributed by atoms with E-state index in [4.69, 9.17) is 9.47 Å². The van der Waals surface area contributed by atoms with E-state index in [2.05, 4.69) is 17.4 Å². The smallest absolute Gasteiger partial charge is 0.407 e. The van der Waals surface area contributed by atoms with Gasteiger partial charge in [0.1, 0.15) is 12.6 Å². The number of likely N-dealkylation sites (tertiary alicyclic amines) is 1. The Bertz CT molecular complexity index is 1120. The number of carbonyl (C=O) groups is 3. The second-order valence-electron chi connectivity index (χ2n) is 9.98. The van der Waals surface area contributed by atoms with Crippen LogP contribution in [0.1, 0.15) is 36.3 Å². The topological polar surface area (TPSA) is 105 Å². The molecule has 2 aromatic rings. The van der Waals surface area contributed by atoms with Crippen molar-refractivity contribution in [1.29, 1.82) is 0 Å². The van der Waals surface area contributed by atoms with Crippen LogP contribution in [0, 0.1) is 11.8 Å². The first-order valence-corrected chi connectivity index (χ1v) is 12.3. The van der Waals surface area contributed by atoms with Crippen LogP contribution in [-0.4, -0.2) is 65.9 Å². The van der Waals surface area contributed by atoms with Crippen LogP contribution in [0.2, 0.25) is 0 Å². The Hall–Kier alpha value is -3.39. The van der Waals surface area contributed by atoms with E-state index in [0.29, 0.717) is 24.9 Å². The minimum Gasteiger partial charge on any atom is -0.481 e. The lowest BCUT2D eigenvalue weighted by atomic mass is 9.82. The molecule has 6 rings (SSSR count). The first-order chi connectivity index (χ1) is 17.0. The molecule has 8 nitrogen and oxygen atoms in total. The van der Waals surface area contributed by atoms with Gasteiger partial charge >= 0.3 is 12.1 Å². The lowest BCUT2D eigenvalue weighted by molar-refractivity contribution is -0.142. The van der Waals surface area contributed by atoms with Crippen molar-refractivity contribution in [1.82, 2.24) is 10.2 Å². The molecule has 2 amide bonds. The number of rotatable bonds is 6. The number of carboxylic acid groups (broad SMARTS) is 1. The van der Waals surface area contributed by atoms with E-state index in [1.807, 2.05) is 36.4 Å². The largest absolute Gasteiger partial charge is 0.481 e. The van der Waals surface area contributed by atoms with E-state index in [-0.39, 0.29) is 30.6 Å². The fourth-order valence-corrected chi connectivity index (χ4v) is 6.52. The summed E-state index contributed by atoms with van der Waals surface area (Å²) in [5.74, 6) is -1.02. The van der Waals surface area contributed by atoms with Gasteiger partial charge in [-0.1, -0.05) is 48.5 Å². The number of aliphatic carboxylic acids is 1. The minimum absolute atomic E-state index is 0.0996. The molecule has 3 heterocycles. The fraction of sp³-hybridized carbons (Fsp3) is 0.444. The number of carboxylic acids is 1. The zero-order chi connectivity index (χ0) is 24.1. The summed E-state index contributed by atoms with van der Waals surface area (Å²) in [7, 11) is 0. The molecule has 5 unspecified atom stereocenters. The first kappa shape index (κ1) is 22.1. The van der Waals surface area contributed by atoms with E-state index in [9.17, 15) is 19.5 Å². The number of alkyl carbamates (subject to hydrolysis) is 1. The van der Waals surface area contributed by atoms with Crippen LogP contribution < -0.4 is 5.32 Å². The molecule has 8 heteroatoms. The summed E-state index contributed by atoms with van der Waals surface area (Å²) in [4.78, 5) is 39.1. The summed E-state index contributed by atoms with van der Waals surface area (Å²) in [5.41, 5.74) is 4.40. The monoisotopic (exact) mass is 476 g/mol. The first-order valence-electron chi connectivity index (χ1n) is 12.3. The average Bonchev–Trinajstić information content (AvgIpc) is 3.62. The molecule has 2 N–H and O–H groups in total. The Morgan fingerprint density at radius 3 is 2.11 bits per heavy atom. The van der Waals surface area contributed by atoms with Gasteiger partial charge in [-0.15, -0.1) is 0 Å². The molecule has 1 aliphatic carbocycles. The number of ether oxygens (including phenoxy) is 2. The second kappa shape index (κ2) is 8.68. The molecule has 0 spiro atoms. The highest BCUT2D eigenvalue weighted by atomic mass is 16.5. The number of nitrogens with one attached hydrogen (secondary N) is 1. The molecular weight excluding hydrogens is 448 g/mol. The number of fused-ring (bicyclic) bond motifs is 8. The summed E-state index contributed by atoms with van der Waals surface area (Å²) >= 11 is 0. The van der Waals surface area contributed by atoms with E-state index in [1.165, 1.54) is 0 Å². The van der Waals surface area contributed by atoms with Gasteiger partial charge in [0.15, 0.2) is 0 Å². The number of hydrogen-bond donors (Lipinski definition) is 2. The van der Waals surface area contributed by atoms with Crippen LogP contribution in [0.5, 0.6) is 0 Å². The molecular formula is C27H28N2O6. The average molecular weight is 477 g/mol. The normalized spacial score (nSPS) is 26.7. The molecule has 0 saturated carbocycles. The van der Waals surface area contributed by atoms with E-state index in [1.54, 1.807) is 4.90 Å². The van der Waals surface area contributed by atoms with Gasteiger partial charge in [0, 0.05) is 30.8 Å². The zero-order valence-electron chi connectivity index (χ0n) is 19.3. The molecule has 5 atom stereocenters. The van der Waals surface area contributed by atoms with Crippen LogP contribution in [0.15, 0.2) is 48.5 Å². The summed E-state index contributed by atoms with van der Waals surface area (Å²) in [6.45, 7) is 1.20. The van der Waals surface area contributed by atoms with Crippen molar-refractivity contribution in [3.8, 4) is 11.1 Å². The van der Waals surface area contributed by atoms with E-state index in [0.717, 1.165) is 35.1 Å². The molecule has 2 aromatic carbocycles. The molecule has 3 saturated heterocycles. The molecule has 182 valence electrons. The maximum atomic E-state index is 13.2. The third-order valence-corrected chi connectivity index (χ3v) is 8.08. The van der Waals surface area contributed by atoms with Crippen molar-refractivity contribution >= 4 is 18.0 Å². The van der Waals surface area contributed by atoms with Gasteiger partial charge in [0.25, 0.3) is 0 Å². The van der Waals surface area contributed by atoms with Crippen LogP contribution in [0.4, 0.5) is 4.79 Å². The fourth-order valence-electron chi connectivity index (χ4n) is 6.52. The highest BCUT2D eigenvalue weighted by Crippen LogP contribution is 2.47. The van der Waals surface area contributed by atoms with Crippen molar-refractivity contribution in [2.24, 2.45) is 11.8 Å². The lowest BCUT2D eigenvalue weighted by Gasteiger charge is -2.25. The third kappa shape index (κ3) is 3.86. The highest BCUT2D eigenvalue weighted by molar-refractivity contribution is 5.89. The van der Waals surface area contributed by atoms with Gasteiger partial charge < -0.3 is 24.8 Å². The summed E-state index contributed by atoms with van der Waals surface area (Å²) in [5, 5.41) is 11.9. The number of benzene rings is 2. The predicted molar refractivity (Wildman–Crippen MR) is 126 cm³/mol. The maximum absolute atomic E-state index is 13.2. The predicted octanol–water partition coefficient (Wildman–Crippen LogP) is 3.00. The number of hydrogen-bond acceptors (Lipinski definition) is 5. The van der Waals surface area contributed by atoms with Crippen molar-refractivity contribution < 1.29 is 29.0 Å². The van der Waals surface area contributed by atoms with Gasteiger partial charge in [-0.2, -0.15) is 0 Å². The van der Waals surface area contributed by atoms with Crippen LogP contribution in [0.3, 0.4) is 0 Å². The Labute approximate surface area is 203 Å². The Morgan fingerprint density at radius 1 is 0.971 bits per heavy atom. The molecule has 35 heavy (non-hydrogen) atoms. The second-order valence-corrected chi connectivity index (χ2v) is 9.98. The number of amides is 2. The van der Waals surface area contributed by atoms with Crippen LogP contribution >= 0.6 is 0 Å². The SMILES string of the molecule is O=C(O)CC(NC(=O)OCC1c2ccccc2-c2ccccc21)C(=O)N1CC2C3CCC(O3)C2C1. The van der Waals surface area contributed by atoms with Crippen molar-refractivity contribution in [3.05, 3.63) is 59.7 Å². The molecule has 0 aromatic heterocycles. The minimum atomic E-state index is -1.17. The summed E-state index contributed by atoms with van der Waals surface area (Å²) in [6.07, 6.45) is 1.15. The maximum Gasteiger partial charge on any atom is 0.407 e. The Balaban J connectivity index is 1.12. The quantitative estimate of drug-likeness (QED) is 0.664. The Morgan fingerprint density at radius 2 is 1.54 bits per heavy atom. The molecule has 4 aliphatic rings. The molecule has 0 radical (unpaired) electrons. The summed E-state index contributed by atoms with van der Waals surface area (Å²) < 4.78 is 11.5. The third-order valence-electron chi connectivity index (χ3n) is 8.08. The zero-order valence-corrected chi connectivity index (χ0v) is 19.3. The van der Waals surface area contributed by atoms with Crippen LogP contribution in [-0.2, 0) is 19.1 Å². The summed E-state index contributed by atoms with van der Waals surface area (Å²) in [6, 6.07) is 14.9. The standard InChI is InChI=1S/C27H28N2O6/c30-25(31)11-22(26(32)29-12-19-20(13-29)24-10-9-23(19)35-24)28-27(33)34-14-21-17-7-3-1-5-15(17)16-6-2-4-8-18(16)21/h1-8,19-24H,9-14H2,(H,28,33)(H,30,31). The van der Waals surface area contributed by atoms with Gasteiger partial charge in [-0.05, 0) is 35.1 Å². The molecule has 3 aliphatic heterocycles. The molecule has 3 fully saturated rings. The van der Waals surface area contributed by atoms with Crippen molar-refractivity contribution in [2.45, 2.75) is 43.4 Å². The van der Waals surface area contributed by atoms with Crippen molar-refractivity contribution in [3.63, 3.8) is 0 Å². The van der Waals surface area contributed by atoms with Gasteiger partial charge in [0.05, 0.1) is 18.6 Å². The van der Waals surface area contributed by atoms with E-state index >= 15 is 0 Å².